The minimum atomic E-state index is 0.210. The predicted molar refractivity (Wildman–Crippen MR) is 92.1 cm³/mol. The van der Waals surface area contributed by atoms with Gasteiger partial charge in [-0.25, -0.2) is 0 Å². The second kappa shape index (κ2) is 6.37. The molecule has 1 aromatic rings. The Morgan fingerprint density at radius 3 is 2.29 bits per heavy atom. The molecule has 0 aromatic heterocycles. The summed E-state index contributed by atoms with van der Waals surface area (Å²) in [5, 5.41) is 0. The summed E-state index contributed by atoms with van der Waals surface area (Å²) in [7, 11) is 0. The first-order valence-electron chi connectivity index (χ1n) is 8.12. The van der Waals surface area contributed by atoms with E-state index in [0.717, 1.165) is 32.6 Å². The molecular formula is C18H31N3. The monoisotopic (exact) mass is 289 g/mol. The molecule has 3 heteroatoms. The highest BCUT2D eigenvalue weighted by atomic mass is 15.3. The Morgan fingerprint density at radius 1 is 1.14 bits per heavy atom. The van der Waals surface area contributed by atoms with Gasteiger partial charge in [0.15, 0.2) is 0 Å². The van der Waals surface area contributed by atoms with Crippen molar-refractivity contribution in [1.29, 1.82) is 0 Å². The maximum atomic E-state index is 6.03. The lowest BCUT2D eigenvalue weighted by Crippen LogP contribution is -2.53. The van der Waals surface area contributed by atoms with E-state index in [1.165, 1.54) is 16.8 Å². The Hall–Kier alpha value is -1.06. The van der Waals surface area contributed by atoms with E-state index in [1.54, 1.807) is 0 Å². The molecule has 2 N–H and O–H groups in total. The molecule has 1 aromatic carbocycles. The van der Waals surface area contributed by atoms with Crippen LogP contribution in [-0.4, -0.2) is 42.7 Å². The van der Waals surface area contributed by atoms with Crippen molar-refractivity contribution >= 4 is 5.69 Å². The molecule has 21 heavy (non-hydrogen) atoms. The molecule has 2 rings (SSSR count). The standard InChI is InChI=1S/C18H31N3/c1-14-6-7-17(16(12-14)13-15(2)19)20-8-10-21(11-9-20)18(3,4)5/h6-7,12,15H,8-11,13,19H2,1-5H3. The van der Waals surface area contributed by atoms with Gasteiger partial charge in [-0.05, 0) is 52.7 Å². The summed E-state index contributed by atoms with van der Waals surface area (Å²) >= 11 is 0. The second-order valence-corrected chi connectivity index (χ2v) is 7.46. The Morgan fingerprint density at radius 2 is 1.76 bits per heavy atom. The van der Waals surface area contributed by atoms with Crippen LogP contribution >= 0.6 is 0 Å². The first-order valence-corrected chi connectivity index (χ1v) is 8.12. The van der Waals surface area contributed by atoms with Gasteiger partial charge in [0.25, 0.3) is 0 Å². The summed E-state index contributed by atoms with van der Waals surface area (Å²) < 4.78 is 0. The molecule has 0 amide bonds. The lowest BCUT2D eigenvalue weighted by molar-refractivity contribution is 0.128. The molecular weight excluding hydrogens is 258 g/mol. The number of nitrogens with two attached hydrogens (primary N) is 1. The molecule has 1 atom stereocenters. The zero-order valence-electron chi connectivity index (χ0n) is 14.3. The summed E-state index contributed by atoms with van der Waals surface area (Å²) in [4.78, 5) is 5.10. The number of hydrogen-bond donors (Lipinski definition) is 1. The van der Waals surface area contributed by atoms with Crippen molar-refractivity contribution in [2.24, 2.45) is 5.73 Å². The normalized spacial score (nSPS) is 18.9. The first kappa shape index (κ1) is 16.3. The van der Waals surface area contributed by atoms with Crippen LogP contribution < -0.4 is 10.6 Å². The summed E-state index contributed by atoms with van der Waals surface area (Å²) in [6, 6.07) is 7.01. The second-order valence-electron chi connectivity index (χ2n) is 7.46. The van der Waals surface area contributed by atoms with E-state index in [0.29, 0.717) is 0 Å². The molecule has 1 heterocycles. The quantitative estimate of drug-likeness (QED) is 0.929. The van der Waals surface area contributed by atoms with Gasteiger partial charge in [-0.3, -0.25) is 4.90 Å². The van der Waals surface area contributed by atoms with E-state index in [9.17, 15) is 0 Å². The number of benzene rings is 1. The molecule has 1 unspecified atom stereocenters. The summed E-state index contributed by atoms with van der Waals surface area (Å²) in [5.41, 5.74) is 10.4. The van der Waals surface area contributed by atoms with Crippen LogP contribution in [0.15, 0.2) is 18.2 Å². The minimum absolute atomic E-state index is 0.210. The van der Waals surface area contributed by atoms with Gasteiger partial charge in [0.05, 0.1) is 0 Å². The van der Waals surface area contributed by atoms with Gasteiger partial charge >= 0.3 is 0 Å². The van der Waals surface area contributed by atoms with Crippen molar-refractivity contribution < 1.29 is 0 Å². The number of rotatable bonds is 3. The summed E-state index contributed by atoms with van der Waals surface area (Å²) in [6.45, 7) is 15.6. The van der Waals surface area contributed by atoms with Crippen molar-refractivity contribution in [2.75, 3.05) is 31.1 Å². The van der Waals surface area contributed by atoms with Crippen molar-refractivity contribution in [3.63, 3.8) is 0 Å². The Kier molecular flexibility index (Phi) is 4.95. The predicted octanol–water partition coefficient (Wildman–Crippen LogP) is 2.81. The van der Waals surface area contributed by atoms with E-state index in [4.69, 9.17) is 5.73 Å². The highest BCUT2D eigenvalue weighted by Crippen LogP contribution is 2.26. The van der Waals surface area contributed by atoms with Gasteiger partial charge in [0.2, 0.25) is 0 Å². The van der Waals surface area contributed by atoms with Gasteiger partial charge in [0.1, 0.15) is 0 Å². The van der Waals surface area contributed by atoms with Crippen LogP contribution in [0.1, 0.15) is 38.8 Å². The number of piperazine rings is 1. The fourth-order valence-corrected chi connectivity index (χ4v) is 3.15. The van der Waals surface area contributed by atoms with E-state index in [1.807, 2.05) is 0 Å². The van der Waals surface area contributed by atoms with E-state index in [-0.39, 0.29) is 11.6 Å². The number of aryl methyl sites for hydroxylation is 1. The molecule has 1 saturated heterocycles. The molecule has 1 aliphatic heterocycles. The highest BCUT2D eigenvalue weighted by Gasteiger charge is 2.26. The van der Waals surface area contributed by atoms with Gasteiger partial charge in [0, 0.05) is 43.4 Å². The average Bonchev–Trinajstić information content (AvgIpc) is 2.37. The third kappa shape index (κ3) is 4.21. The molecule has 1 fully saturated rings. The maximum Gasteiger partial charge on any atom is 0.0400 e. The molecule has 0 radical (unpaired) electrons. The van der Waals surface area contributed by atoms with Crippen LogP contribution in [0.4, 0.5) is 5.69 Å². The molecule has 0 bridgehead atoms. The number of hydrogen-bond acceptors (Lipinski definition) is 3. The molecule has 118 valence electrons. The van der Waals surface area contributed by atoms with Crippen LogP contribution in [0.25, 0.3) is 0 Å². The minimum Gasteiger partial charge on any atom is -0.369 e. The number of anilines is 1. The van der Waals surface area contributed by atoms with Crippen LogP contribution in [0.5, 0.6) is 0 Å². The van der Waals surface area contributed by atoms with Crippen molar-refractivity contribution in [3.05, 3.63) is 29.3 Å². The zero-order valence-corrected chi connectivity index (χ0v) is 14.3. The lowest BCUT2D eigenvalue weighted by atomic mass is 10.0. The highest BCUT2D eigenvalue weighted by molar-refractivity contribution is 5.55. The third-order valence-corrected chi connectivity index (χ3v) is 4.35. The topological polar surface area (TPSA) is 32.5 Å². The Bertz CT molecular complexity index is 466. The van der Waals surface area contributed by atoms with Crippen molar-refractivity contribution in [3.8, 4) is 0 Å². The van der Waals surface area contributed by atoms with E-state index < -0.39 is 0 Å². The summed E-state index contributed by atoms with van der Waals surface area (Å²) in [5.74, 6) is 0. The zero-order chi connectivity index (χ0) is 15.6. The van der Waals surface area contributed by atoms with E-state index in [2.05, 4.69) is 62.6 Å². The van der Waals surface area contributed by atoms with Crippen LogP contribution in [0.2, 0.25) is 0 Å². The van der Waals surface area contributed by atoms with Crippen LogP contribution in [-0.2, 0) is 6.42 Å². The van der Waals surface area contributed by atoms with Crippen LogP contribution in [0.3, 0.4) is 0 Å². The maximum absolute atomic E-state index is 6.03. The fourth-order valence-electron chi connectivity index (χ4n) is 3.15. The third-order valence-electron chi connectivity index (χ3n) is 4.35. The van der Waals surface area contributed by atoms with E-state index >= 15 is 0 Å². The summed E-state index contributed by atoms with van der Waals surface area (Å²) in [6.07, 6.45) is 0.955. The molecule has 0 saturated carbocycles. The molecule has 3 nitrogen and oxygen atoms in total. The Labute approximate surface area is 130 Å². The van der Waals surface area contributed by atoms with Crippen LogP contribution in [0, 0.1) is 6.92 Å². The fraction of sp³-hybridized carbons (Fsp3) is 0.667. The van der Waals surface area contributed by atoms with Gasteiger partial charge in [-0.2, -0.15) is 0 Å². The molecule has 1 aliphatic rings. The Balaban J connectivity index is 2.13. The van der Waals surface area contributed by atoms with Gasteiger partial charge in [-0.1, -0.05) is 17.7 Å². The molecule has 0 aliphatic carbocycles. The lowest BCUT2D eigenvalue weighted by Gasteiger charge is -2.43. The SMILES string of the molecule is Cc1ccc(N2CCN(C(C)(C)C)CC2)c(CC(C)N)c1. The molecule has 0 spiro atoms. The largest absolute Gasteiger partial charge is 0.369 e. The smallest absolute Gasteiger partial charge is 0.0400 e. The van der Waals surface area contributed by atoms with Gasteiger partial charge in [-0.15, -0.1) is 0 Å². The van der Waals surface area contributed by atoms with Crippen molar-refractivity contribution in [1.82, 2.24) is 4.90 Å². The average molecular weight is 289 g/mol. The number of nitrogens with zero attached hydrogens (tertiary/aromatic N) is 2. The van der Waals surface area contributed by atoms with Crippen molar-refractivity contribution in [2.45, 2.75) is 52.6 Å². The van der Waals surface area contributed by atoms with Gasteiger partial charge < -0.3 is 10.6 Å². The first-order chi connectivity index (χ1) is 9.77.